The van der Waals surface area contributed by atoms with Crippen molar-refractivity contribution in [1.29, 1.82) is 0 Å². The quantitative estimate of drug-likeness (QED) is 0.0743. The van der Waals surface area contributed by atoms with Crippen LogP contribution in [0.25, 0.3) is 10.9 Å². The summed E-state index contributed by atoms with van der Waals surface area (Å²) in [4.78, 5) is 70.1. The molecule has 1 aromatic heterocycles. The summed E-state index contributed by atoms with van der Waals surface area (Å²) in [5.74, 6) is -5.61. The zero-order valence-electron chi connectivity index (χ0n) is 48.8. The second-order valence-corrected chi connectivity index (χ2v) is 24.5. The molecule has 19 atom stereocenters. The van der Waals surface area contributed by atoms with Gasteiger partial charge in [0.1, 0.15) is 34.8 Å². The minimum Gasteiger partial charge on any atom is -0.477 e. The Kier molecular flexibility index (Phi) is 21.7. The molecule has 0 aliphatic carbocycles. The van der Waals surface area contributed by atoms with E-state index in [1.807, 2.05) is 50.4 Å². The van der Waals surface area contributed by atoms with Crippen molar-refractivity contribution in [2.75, 3.05) is 53.8 Å². The number of benzene rings is 1. The molecule has 79 heavy (non-hydrogen) atoms. The molecule has 5 heterocycles. The number of thioether (sulfide) groups is 1. The van der Waals surface area contributed by atoms with E-state index >= 15 is 0 Å². The Labute approximate surface area is 468 Å². The molecule has 1 amide bonds. The highest BCUT2D eigenvalue weighted by atomic mass is 32.2. The van der Waals surface area contributed by atoms with Crippen LogP contribution in [-0.4, -0.2) is 192 Å². The minimum atomic E-state index is -2.03. The van der Waals surface area contributed by atoms with Crippen molar-refractivity contribution in [3.63, 3.8) is 0 Å². The van der Waals surface area contributed by atoms with Crippen LogP contribution in [0.4, 0.5) is 4.79 Å². The fourth-order valence-corrected chi connectivity index (χ4v) is 13.2. The van der Waals surface area contributed by atoms with Crippen LogP contribution < -0.4 is 10.7 Å². The first kappa shape index (κ1) is 64.4. The van der Waals surface area contributed by atoms with Crippen molar-refractivity contribution >= 4 is 46.5 Å². The number of nitrogens with zero attached hydrogens (tertiary/aromatic N) is 2. The molecule has 1 unspecified atom stereocenters. The molecule has 0 radical (unpaired) electrons. The van der Waals surface area contributed by atoms with Gasteiger partial charge >= 0.3 is 18.0 Å². The Hall–Kier alpha value is -3.78. The lowest BCUT2D eigenvalue weighted by Gasteiger charge is -2.50. The molecule has 5 N–H and O–H groups in total. The highest BCUT2D eigenvalue weighted by Crippen LogP contribution is 2.43. The smallest absolute Gasteiger partial charge is 0.407 e. The molecule has 446 valence electrons. The molecule has 3 saturated heterocycles. The number of aromatic carboxylic acids is 1. The number of carboxylic acid groups (broad SMARTS) is 1. The molecule has 4 aliphatic heterocycles. The van der Waals surface area contributed by atoms with Gasteiger partial charge in [-0.25, -0.2) is 9.59 Å². The van der Waals surface area contributed by atoms with Gasteiger partial charge in [-0.2, -0.15) is 0 Å². The third-order valence-corrected chi connectivity index (χ3v) is 18.1. The molecular weight excluding hydrogens is 1050 g/mol. The first-order chi connectivity index (χ1) is 37.0. The van der Waals surface area contributed by atoms with Crippen LogP contribution in [0.3, 0.4) is 0 Å². The number of hydrogen-bond donors (Lipinski definition) is 5. The number of ketones is 1. The fraction of sp³-hybridized carbons (Fsp3) is 0.772. The maximum Gasteiger partial charge on any atom is 0.407 e. The lowest BCUT2D eigenvalue weighted by atomic mass is 9.74. The number of likely N-dealkylation sites (N-methyl/N-ethyl adjacent to an activating group) is 1. The number of aryl methyl sites for hydroxylation is 1. The Morgan fingerprint density at radius 3 is 2.22 bits per heavy atom. The Morgan fingerprint density at radius 2 is 1.58 bits per heavy atom. The zero-order chi connectivity index (χ0) is 58.6. The molecule has 6 rings (SSSR count). The number of carbonyl (C=O) groups excluding carboxylic acids is 3. The second-order valence-electron chi connectivity index (χ2n) is 23.4. The van der Waals surface area contributed by atoms with E-state index < -0.39 is 119 Å². The van der Waals surface area contributed by atoms with Crippen LogP contribution in [0.2, 0.25) is 0 Å². The molecule has 2 aromatic rings. The summed E-state index contributed by atoms with van der Waals surface area (Å²) in [7, 11) is 6.69. The monoisotopic (exact) mass is 1140 g/mol. The molecule has 21 nitrogen and oxygen atoms in total. The normalized spacial score (nSPS) is 37.8. The number of nitrogens with one attached hydrogen (secondary N) is 1. The Morgan fingerprint density at radius 1 is 0.911 bits per heavy atom. The minimum absolute atomic E-state index is 0.00763. The van der Waals surface area contributed by atoms with Gasteiger partial charge < -0.3 is 77.8 Å². The summed E-state index contributed by atoms with van der Waals surface area (Å²) >= 11 is 1.49. The van der Waals surface area contributed by atoms with Gasteiger partial charge in [-0.1, -0.05) is 27.7 Å². The van der Waals surface area contributed by atoms with Crippen molar-refractivity contribution in [3.8, 4) is 0 Å². The number of amides is 1. The lowest BCUT2D eigenvalue weighted by molar-refractivity contribution is -0.319. The average Bonchev–Trinajstić information content (AvgIpc) is 3.61. The van der Waals surface area contributed by atoms with Crippen LogP contribution in [0, 0.1) is 23.7 Å². The molecule has 0 spiro atoms. The first-order valence-electron chi connectivity index (χ1n) is 27.8. The van der Waals surface area contributed by atoms with E-state index in [9.17, 15) is 44.4 Å². The van der Waals surface area contributed by atoms with E-state index in [0.29, 0.717) is 24.2 Å². The summed E-state index contributed by atoms with van der Waals surface area (Å²) in [6.45, 7) is 19.5. The Balaban J connectivity index is 1.16. The van der Waals surface area contributed by atoms with Crippen molar-refractivity contribution in [1.82, 2.24) is 14.8 Å². The molecule has 4 aliphatic rings. The fourth-order valence-electron chi connectivity index (χ4n) is 12.3. The van der Waals surface area contributed by atoms with Gasteiger partial charge in [-0.3, -0.25) is 14.4 Å². The van der Waals surface area contributed by atoms with E-state index in [1.165, 1.54) is 46.0 Å². The highest BCUT2D eigenvalue weighted by molar-refractivity contribution is 7.99. The number of Topliss-reactive ketones (excluding diaryl/α,β-unsaturated/α-hetero) is 1. The number of carbonyl (C=O) groups is 4. The van der Waals surface area contributed by atoms with E-state index in [1.54, 1.807) is 47.6 Å². The third-order valence-electron chi connectivity index (χ3n) is 17.2. The van der Waals surface area contributed by atoms with Crippen molar-refractivity contribution in [2.24, 2.45) is 23.7 Å². The lowest BCUT2D eigenvalue weighted by Crippen LogP contribution is -2.62. The summed E-state index contributed by atoms with van der Waals surface area (Å²) < 4.78 is 58.9. The summed E-state index contributed by atoms with van der Waals surface area (Å²) in [5.41, 5.74) is -3.56. The zero-order valence-corrected chi connectivity index (χ0v) is 49.7. The van der Waals surface area contributed by atoms with Crippen molar-refractivity contribution < 1.29 is 82.2 Å². The van der Waals surface area contributed by atoms with Gasteiger partial charge in [0.05, 0.1) is 60.8 Å². The second kappa shape index (κ2) is 26.6. The number of hydrogen-bond acceptors (Lipinski definition) is 19. The van der Waals surface area contributed by atoms with Gasteiger partial charge in [0.2, 0.25) is 5.43 Å². The SMILES string of the molecule is CC[C@H]1OC(=O)[C@H](C)[C@@H](O[C@H]2C[C@@](C)(OC)[C@@H](OC(=O)NCCOCCSc3cc4c5c(c3)c(=O)c(C(=O)O)cn5C(C)CC4)[C@H](C)O2)[C@H](C)[C@@H](O[C@H]2O[C@@H](C)C[C@@H](N(C)C)[C@@H]2O)[C@](C)(OC)C[C@@H](C)C(=O)[C@H](C)[C@@H](O)[C@]1(C)O. The number of aliphatic hydroxyl groups is 3. The third kappa shape index (κ3) is 14.2. The largest absolute Gasteiger partial charge is 0.477 e. The number of cyclic esters (lactones) is 1. The number of pyridine rings is 1. The summed E-state index contributed by atoms with van der Waals surface area (Å²) in [6.07, 6.45) is -7.52. The summed E-state index contributed by atoms with van der Waals surface area (Å²) in [6, 6.07) is 3.52. The van der Waals surface area contributed by atoms with Crippen molar-refractivity contribution in [3.05, 3.63) is 39.7 Å². The maximum absolute atomic E-state index is 14.6. The molecule has 3 fully saturated rings. The van der Waals surface area contributed by atoms with Gasteiger partial charge in [-0.15, -0.1) is 11.8 Å². The number of carboxylic acids is 1. The van der Waals surface area contributed by atoms with Gasteiger partial charge in [0.15, 0.2) is 18.7 Å². The van der Waals surface area contributed by atoms with Crippen LogP contribution in [0.5, 0.6) is 0 Å². The maximum atomic E-state index is 14.6. The van der Waals surface area contributed by atoms with E-state index in [-0.39, 0.29) is 61.9 Å². The number of ether oxygens (including phenoxy) is 9. The molecular formula is C57H89N3O18S. The number of esters is 1. The summed E-state index contributed by atoms with van der Waals surface area (Å²) in [5, 5.41) is 48.1. The van der Waals surface area contributed by atoms with Gasteiger partial charge in [0, 0.05) is 79.3 Å². The van der Waals surface area contributed by atoms with Crippen LogP contribution >= 0.6 is 11.8 Å². The Bertz CT molecular complexity index is 2510. The predicted molar refractivity (Wildman–Crippen MR) is 293 cm³/mol. The van der Waals surface area contributed by atoms with Gasteiger partial charge in [0.25, 0.3) is 0 Å². The predicted octanol–water partition coefficient (Wildman–Crippen LogP) is 5.50. The number of methoxy groups -OCH3 is 2. The standard InChI is InChI=1S/C57H89N3O18S/c1-16-41-57(11,69)48(64)32(5)44(61)29(2)26-55(9,70-14)49(77-53-46(63)40(59(12)13)23-31(4)73-53)33(6)47(34(7)52(67)75-41)76-42-27-56(10,71-15)50(35(8)74-42)78-54(68)58-19-20-72-21-22-79-37-24-36-18-17-30(3)60-28-39(51(65)66)45(62)38(25-37)43(36)60/h24-25,28-35,40-42,46-50,53,63-64,69H,16-23,26-27H2,1-15H3,(H,58,68)(H,65,66)/t29-,30?,31+,32+,33+,34-,35+,40-,41-,42+,46+,47+,48-,49-,50+,53-,55-,56-,57-/m1/s1. The topological polar surface area (TPSA) is 270 Å². The van der Waals surface area contributed by atoms with E-state index in [2.05, 4.69) is 5.32 Å². The average molecular weight is 1140 g/mol. The van der Waals surface area contributed by atoms with Crippen molar-refractivity contribution in [2.45, 2.75) is 210 Å². The molecule has 1 aromatic carbocycles. The number of alkyl carbamates (subject to hydrolysis) is 1. The molecule has 0 saturated carbocycles. The number of aliphatic hydroxyl groups excluding tert-OH is 2. The highest BCUT2D eigenvalue weighted by Gasteiger charge is 2.55. The van der Waals surface area contributed by atoms with E-state index in [4.69, 9.17) is 42.6 Å². The van der Waals surface area contributed by atoms with Crippen LogP contribution in [0.1, 0.15) is 130 Å². The van der Waals surface area contributed by atoms with Crippen LogP contribution in [-0.2, 0) is 58.6 Å². The number of aromatic nitrogens is 1. The number of rotatable bonds is 17. The van der Waals surface area contributed by atoms with Crippen LogP contribution in [0.15, 0.2) is 28.0 Å². The van der Waals surface area contributed by atoms with Gasteiger partial charge in [-0.05, 0) is 112 Å². The molecule has 0 bridgehead atoms. The molecule has 22 heteroatoms. The first-order valence-corrected chi connectivity index (χ1v) is 28.8. The van der Waals surface area contributed by atoms with E-state index in [0.717, 1.165) is 28.8 Å².